The average molecular weight is 304 g/mol. The molecule has 2 aromatic carbocycles. The Bertz CT molecular complexity index is 654. The third kappa shape index (κ3) is 4.30. The van der Waals surface area contributed by atoms with Crippen LogP contribution < -0.4 is 22.9 Å². The highest BCUT2D eigenvalue weighted by Crippen LogP contribution is 2.16. The summed E-state index contributed by atoms with van der Waals surface area (Å²) in [4.78, 5) is 20.7. The normalized spacial score (nSPS) is 9.45. The van der Waals surface area contributed by atoms with E-state index in [4.69, 9.17) is 33.1 Å². The molecule has 0 spiro atoms. The standard InChI is InChI=1S/2C7H8N2O2/c2*8-5-2-1-4(7(10)11)3-6(5)9/h2*1-3H,8-9H2,(H,10,11). The van der Waals surface area contributed by atoms with Crippen molar-refractivity contribution in [1.82, 2.24) is 0 Å². The van der Waals surface area contributed by atoms with Gasteiger partial charge in [0.25, 0.3) is 0 Å². The van der Waals surface area contributed by atoms with E-state index in [1.165, 1.54) is 36.4 Å². The highest BCUT2D eigenvalue weighted by Gasteiger charge is 2.03. The molecule has 0 radical (unpaired) electrons. The third-order valence-electron chi connectivity index (χ3n) is 2.67. The van der Waals surface area contributed by atoms with Crippen molar-refractivity contribution in [2.75, 3.05) is 22.9 Å². The Hall–Kier alpha value is -3.42. The maximum absolute atomic E-state index is 10.4. The maximum atomic E-state index is 10.4. The van der Waals surface area contributed by atoms with Crippen LogP contribution in [0, 0.1) is 0 Å². The summed E-state index contributed by atoms with van der Waals surface area (Å²) in [6.07, 6.45) is 0. The Morgan fingerprint density at radius 1 is 0.636 bits per heavy atom. The monoisotopic (exact) mass is 304 g/mol. The van der Waals surface area contributed by atoms with Gasteiger partial charge in [-0.15, -0.1) is 0 Å². The van der Waals surface area contributed by atoms with Gasteiger partial charge in [0.1, 0.15) is 0 Å². The molecule has 10 N–H and O–H groups in total. The summed E-state index contributed by atoms with van der Waals surface area (Å²) >= 11 is 0. The Balaban J connectivity index is 0.000000220. The predicted molar refractivity (Wildman–Crippen MR) is 84.5 cm³/mol. The van der Waals surface area contributed by atoms with Crippen LogP contribution in [0.1, 0.15) is 20.7 Å². The van der Waals surface area contributed by atoms with Gasteiger partial charge in [-0.3, -0.25) is 0 Å². The first kappa shape index (κ1) is 16.6. The zero-order valence-electron chi connectivity index (χ0n) is 11.5. The fourth-order valence-corrected chi connectivity index (χ4v) is 1.42. The van der Waals surface area contributed by atoms with Crippen molar-refractivity contribution < 1.29 is 19.8 Å². The molecule has 2 rings (SSSR count). The second-order valence-electron chi connectivity index (χ2n) is 4.30. The first-order chi connectivity index (χ1) is 10.2. The first-order valence-electron chi connectivity index (χ1n) is 5.99. The number of carboxylic acid groups (broad SMARTS) is 2. The van der Waals surface area contributed by atoms with Gasteiger partial charge in [0.05, 0.1) is 33.9 Å². The van der Waals surface area contributed by atoms with Crippen LogP contribution in [0.3, 0.4) is 0 Å². The molecule has 0 bridgehead atoms. The highest BCUT2D eigenvalue weighted by atomic mass is 16.4. The lowest BCUT2D eigenvalue weighted by Gasteiger charge is -1.99. The third-order valence-corrected chi connectivity index (χ3v) is 2.67. The van der Waals surface area contributed by atoms with Crippen LogP contribution in [0.15, 0.2) is 36.4 Å². The molecule has 0 aliphatic carbocycles. The number of nitrogens with two attached hydrogens (primary N) is 4. The molecule has 2 aromatic rings. The molecule has 8 nitrogen and oxygen atoms in total. The van der Waals surface area contributed by atoms with Gasteiger partial charge < -0.3 is 33.1 Å². The van der Waals surface area contributed by atoms with Crippen molar-refractivity contribution >= 4 is 34.7 Å². The Kier molecular flexibility index (Phi) is 5.17. The summed E-state index contributed by atoms with van der Waals surface area (Å²) in [5.74, 6) is -2.01. The molecule has 0 saturated heterocycles. The van der Waals surface area contributed by atoms with Crippen LogP contribution in [-0.2, 0) is 0 Å². The minimum atomic E-state index is -1.00. The Morgan fingerprint density at radius 3 is 1.18 bits per heavy atom. The minimum Gasteiger partial charge on any atom is -0.478 e. The Morgan fingerprint density at radius 2 is 0.955 bits per heavy atom. The molecular formula is C14H16N4O4. The topological polar surface area (TPSA) is 179 Å². The largest absolute Gasteiger partial charge is 0.478 e. The minimum absolute atomic E-state index is 0.150. The lowest BCUT2D eigenvalue weighted by molar-refractivity contribution is 0.0686. The van der Waals surface area contributed by atoms with Gasteiger partial charge in [-0.1, -0.05) is 0 Å². The maximum Gasteiger partial charge on any atom is 0.335 e. The molecule has 0 unspecified atom stereocenters. The SMILES string of the molecule is Nc1ccc(C(=O)O)cc1N.Nc1ccc(C(=O)O)cc1N. The van der Waals surface area contributed by atoms with E-state index in [1.54, 1.807) is 0 Å². The number of aromatic carboxylic acids is 2. The summed E-state index contributed by atoms with van der Waals surface area (Å²) < 4.78 is 0. The summed E-state index contributed by atoms with van der Waals surface area (Å²) in [5.41, 5.74) is 23.2. The summed E-state index contributed by atoms with van der Waals surface area (Å²) in [5, 5.41) is 17.0. The van der Waals surface area contributed by atoms with Crippen molar-refractivity contribution in [1.29, 1.82) is 0 Å². The zero-order valence-corrected chi connectivity index (χ0v) is 11.5. The van der Waals surface area contributed by atoms with E-state index in [2.05, 4.69) is 0 Å². The van der Waals surface area contributed by atoms with Crippen LogP contribution in [0.25, 0.3) is 0 Å². The van der Waals surface area contributed by atoms with Gasteiger partial charge in [-0.05, 0) is 36.4 Å². The van der Waals surface area contributed by atoms with Crippen molar-refractivity contribution in [3.63, 3.8) is 0 Å². The quantitative estimate of drug-likeness (QED) is 0.446. The number of nitrogen functional groups attached to an aromatic ring is 4. The molecule has 0 amide bonds. The molecule has 8 heteroatoms. The van der Waals surface area contributed by atoms with Crippen molar-refractivity contribution in [2.24, 2.45) is 0 Å². The van der Waals surface area contributed by atoms with Gasteiger partial charge in [0.15, 0.2) is 0 Å². The van der Waals surface area contributed by atoms with Crippen molar-refractivity contribution in [3.8, 4) is 0 Å². The van der Waals surface area contributed by atoms with Crippen molar-refractivity contribution in [3.05, 3.63) is 47.5 Å². The van der Waals surface area contributed by atoms with Crippen LogP contribution in [0.5, 0.6) is 0 Å². The molecule has 116 valence electrons. The lowest BCUT2D eigenvalue weighted by atomic mass is 10.2. The summed E-state index contributed by atoms with van der Waals surface area (Å²) in [6, 6.07) is 8.43. The van der Waals surface area contributed by atoms with Gasteiger partial charge in [-0.25, -0.2) is 9.59 Å². The van der Waals surface area contributed by atoms with E-state index in [0.29, 0.717) is 22.7 Å². The number of anilines is 4. The van der Waals surface area contributed by atoms with Gasteiger partial charge in [-0.2, -0.15) is 0 Å². The lowest BCUT2D eigenvalue weighted by Crippen LogP contribution is -2.00. The number of hydrogen-bond donors (Lipinski definition) is 6. The van der Waals surface area contributed by atoms with Crippen LogP contribution in [0.4, 0.5) is 22.7 Å². The van der Waals surface area contributed by atoms with E-state index < -0.39 is 11.9 Å². The number of hydrogen-bond acceptors (Lipinski definition) is 6. The Labute approximate surface area is 125 Å². The van der Waals surface area contributed by atoms with Gasteiger partial charge >= 0.3 is 11.9 Å². The molecule has 0 atom stereocenters. The summed E-state index contributed by atoms with van der Waals surface area (Å²) in [6.45, 7) is 0. The molecule has 0 aliphatic heterocycles. The number of carbonyl (C=O) groups is 2. The molecule has 22 heavy (non-hydrogen) atoms. The smallest absolute Gasteiger partial charge is 0.335 e. The van der Waals surface area contributed by atoms with E-state index in [9.17, 15) is 9.59 Å². The first-order valence-corrected chi connectivity index (χ1v) is 5.99. The van der Waals surface area contributed by atoms with E-state index >= 15 is 0 Å². The molecule has 0 aliphatic rings. The second kappa shape index (κ2) is 6.84. The predicted octanol–water partition coefficient (Wildman–Crippen LogP) is 1.10. The van der Waals surface area contributed by atoms with Gasteiger partial charge in [0.2, 0.25) is 0 Å². The number of rotatable bonds is 2. The van der Waals surface area contributed by atoms with E-state index in [1.807, 2.05) is 0 Å². The molecular weight excluding hydrogens is 288 g/mol. The van der Waals surface area contributed by atoms with Crippen LogP contribution in [0.2, 0.25) is 0 Å². The molecule has 0 aromatic heterocycles. The second-order valence-corrected chi connectivity index (χ2v) is 4.30. The fraction of sp³-hybridized carbons (Fsp3) is 0. The fourth-order valence-electron chi connectivity index (χ4n) is 1.42. The average Bonchev–Trinajstić information content (AvgIpc) is 2.45. The van der Waals surface area contributed by atoms with E-state index in [-0.39, 0.29) is 11.1 Å². The van der Waals surface area contributed by atoms with Gasteiger partial charge in [0, 0.05) is 0 Å². The zero-order chi connectivity index (χ0) is 16.9. The van der Waals surface area contributed by atoms with E-state index in [0.717, 1.165) is 0 Å². The highest BCUT2D eigenvalue weighted by molar-refractivity contribution is 5.90. The molecule has 0 saturated carbocycles. The van der Waals surface area contributed by atoms with Crippen molar-refractivity contribution in [2.45, 2.75) is 0 Å². The van der Waals surface area contributed by atoms with Crippen LogP contribution >= 0.6 is 0 Å². The molecule has 0 fully saturated rings. The van der Waals surface area contributed by atoms with Crippen LogP contribution in [-0.4, -0.2) is 22.2 Å². The summed E-state index contributed by atoms with van der Waals surface area (Å²) in [7, 11) is 0. The number of carboxylic acids is 2. The molecule has 0 heterocycles. The number of benzene rings is 2.